The second-order valence-corrected chi connectivity index (χ2v) is 3.98. The van der Waals surface area contributed by atoms with Gasteiger partial charge in [-0.1, -0.05) is 17.9 Å². The first-order valence-corrected chi connectivity index (χ1v) is 5.80. The molecule has 2 aromatic rings. The molecule has 0 unspecified atom stereocenters. The minimum Gasteiger partial charge on any atom is -0.322 e. The van der Waals surface area contributed by atoms with Crippen molar-refractivity contribution in [3.8, 4) is 11.8 Å². The van der Waals surface area contributed by atoms with Crippen molar-refractivity contribution in [1.29, 1.82) is 0 Å². The van der Waals surface area contributed by atoms with Gasteiger partial charge in [0.05, 0.1) is 18.3 Å². The van der Waals surface area contributed by atoms with Gasteiger partial charge in [-0.2, -0.15) is 5.10 Å². The maximum atomic E-state index is 11.9. The number of carbonyl (C=O) groups is 1. The molecule has 0 aliphatic heterocycles. The van der Waals surface area contributed by atoms with Crippen molar-refractivity contribution in [2.45, 2.75) is 6.92 Å². The molecule has 5 heteroatoms. The molecule has 5 nitrogen and oxygen atoms in total. The highest BCUT2D eigenvalue weighted by Crippen LogP contribution is 2.15. The Morgan fingerprint density at radius 2 is 2.37 bits per heavy atom. The smallest absolute Gasteiger partial charge is 0.258 e. The van der Waals surface area contributed by atoms with E-state index in [2.05, 4.69) is 27.4 Å². The van der Waals surface area contributed by atoms with Crippen LogP contribution < -0.4 is 11.1 Å². The summed E-state index contributed by atoms with van der Waals surface area (Å²) in [5.74, 6) is 5.57. The molecule has 1 amide bonds. The largest absolute Gasteiger partial charge is 0.322 e. The summed E-state index contributed by atoms with van der Waals surface area (Å²) >= 11 is 0. The molecule has 0 fully saturated rings. The Kier molecular flexibility index (Phi) is 3.96. The second kappa shape index (κ2) is 5.85. The van der Waals surface area contributed by atoms with Crippen LogP contribution in [-0.2, 0) is 0 Å². The van der Waals surface area contributed by atoms with Gasteiger partial charge in [-0.3, -0.25) is 9.89 Å². The minimum atomic E-state index is -0.213. The van der Waals surface area contributed by atoms with Crippen LogP contribution in [0.2, 0.25) is 0 Å². The van der Waals surface area contributed by atoms with E-state index < -0.39 is 0 Å². The van der Waals surface area contributed by atoms with E-state index in [1.807, 2.05) is 25.1 Å². The number of rotatable bonds is 2. The van der Waals surface area contributed by atoms with Crippen LogP contribution in [0.3, 0.4) is 0 Å². The lowest BCUT2D eigenvalue weighted by Gasteiger charge is -2.06. The number of benzene rings is 1. The zero-order valence-corrected chi connectivity index (χ0v) is 10.5. The number of nitrogens with one attached hydrogen (secondary N) is 2. The van der Waals surface area contributed by atoms with Gasteiger partial charge in [0.2, 0.25) is 0 Å². The van der Waals surface area contributed by atoms with E-state index >= 15 is 0 Å². The molecule has 2 rings (SSSR count). The number of H-pyrrole nitrogens is 1. The highest BCUT2D eigenvalue weighted by atomic mass is 16.1. The molecule has 19 heavy (non-hydrogen) atoms. The van der Waals surface area contributed by atoms with Gasteiger partial charge in [0, 0.05) is 17.4 Å². The number of nitrogens with two attached hydrogens (primary N) is 1. The molecule has 0 spiro atoms. The van der Waals surface area contributed by atoms with Gasteiger partial charge in [0.1, 0.15) is 0 Å². The highest BCUT2D eigenvalue weighted by Gasteiger charge is 2.07. The summed E-state index contributed by atoms with van der Waals surface area (Å²) in [5, 5.41) is 9.12. The summed E-state index contributed by atoms with van der Waals surface area (Å²) in [5.41, 5.74) is 8.43. The Morgan fingerprint density at radius 1 is 1.53 bits per heavy atom. The first kappa shape index (κ1) is 12.9. The third-order valence-electron chi connectivity index (χ3n) is 2.58. The fourth-order valence-electron chi connectivity index (χ4n) is 1.56. The summed E-state index contributed by atoms with van der Waals surface area (Å²) in [4.78, 5) is 11.9. The van der Waals surface area contributed by atoms with Gasteiger partial charge in [0.15, 0.2) is 0 Å². The maximum absolute atomic E-state index is 11.9. The number of hydrogen-bond donors (Lipinski definition) is 3. The highest BCUT2D eigenvalue weighted by molar-refractivity contribution is 6.03. The summed E-state index contributed by atoms with van der Waals surface area (Å²) in [6.07, 6.45) is 3.01. The zero-order valence-electron chi connectivity index (χ0n) is 10.5. The van der Waals surface area contributed by atoms with Crippen LogP contribution in [0.1, 0.15) is 21.5 Å². The molecule has 0 radical (unpaired) electrons. The van der Waals surface area contributed by atoms with E-state index in [1.54, 1.807) is 6.20 Å². The normalized spacial score (nSPS) is 9.58. The summed E-state index contributed by atoms with van der Waals surface area (Å²) in [6.45, 7) is 2.27. The molecule has 0 aliphatic carbocycles. The van der Waals surface area contributed by atoms with Gasteiger partial charge in [0.25, 0.3) is 5.91 Å². The van der Waals surface area contributed by atoms with E-state index in [4.69, 9.17) is 5.73 Å². The maximum Gasteiger partial charge on any atom is 0.258 e. The summed E-state index contributed by atoms with van der Waals surface area (Å²) < 4.78 is 0. The number of anilines is 1. The Morgan fingerprint density at radius 3 is 3.05 bits per heavy atom. The molecule has 0 bridgehead atoms. The van der Waals surface area contributed by atoms with Gasteiger partial charge >= 0.3 is 0 Å². The quantitative estimate of drug-likeness (QED) is 0.706. The standard InChI is InChI=1S/C14H14N4O/c1-10-4-5-13(7-11(10)3-2-6-15)18-14(19)12-8-16-17-9-12/h4-5,7-9H,6,15H2,1H3,(H,16,17)(H,18,19). The lowest BCUT2D eigenvalue weighted by atomic mass is 10.1. The third-order valence-corrected chi connectivity index (χ3v) is 2.58. The monoisotopic (exact) mass is 254 g/mol. The van der Waals surface area contributed by atoms with Gasteiger partial charge in [-0.25, -0.2) is 0 Å². The lowest BCUT2D eigenvalue weighted by Crippen LogP contribution is -2.11. The van der Waals surface area contributed by atoms with E-state index in [0.717, 1.165) is 11.1 Å². The number of carbonyl (C=O) groups excluding carboxylic acids is 1. The number of aromatic nitrogens is 2. The fourth-order valence-corrected chi connectivity index (χ4v) is 1.56. The van der Waals surface area contributed by atoms with Crippen LogP contribution in [0.25, 0.3) is 0 Å². The van der Waals surface area contributed by atoms with E-state index in [0.29, 0.717) is 17.8 Å². The van der Waals surface area contributed by atoms with Crippen LogP contribution in [0.15, 0.2) is 30.6 Å². The van der Waals surface area contributed by atoms with Crippen LogP contribution in [0.4, 0.5) is 5.69 Å². The Hall–Kier alpha value is -2.58. The Balaban J connectivity index is 2.19. The third kappa shape index (κ3) is 3.21. The molecule has 96 valence electrons. The van der Waals surface area contributed by atoms with Gasteiger partial charge < -0.3 is 11.1 Å². The molecule has 1 aromatic heterocycles. The van der Waals surface area contributed by atoms with Crippen LogP contribution in [0.5, 0.6) is 0 Å². The van der Waals surface area contributed by atoms with Gasteiger partial charge in [-0.15, -0.1) is 0 Å². The molecular formula is C14H14N4O. The topological polar surface area (TPSA) is 83.8 Å². The Bertz CT molecular complexity index is 635. The van der Waals surface area contributed by atoms with Gasteiger partial charge in [-0.05, 0) is 24.6 Å². The molecule has 1 heterocycles. The number of hydrogen-bond acceptors (Lipinski definition) is 3. The van der Waals surface area contributed by atoms with Crippen molar-refractivity contribution in [1.82, 2.24) is 10.2 Å². The first-order valence-electron chi connectivity index (χ1n) is 5.80. The predicted octanol–water partition coefficient (Wildman–Crippen LogP) is 1.28. The summed E-state index contributed by atoms with van der Waals surface area (Å²) in [7, 11) is 0. The van der Waals surface area contributed by atoms with Crippen molar-refractivity contribution in [3.63, 3.8) is 0 Å². The van der Waals surface area contributed by atoms with Crippen molar-refractivity contribution in [3.05, 3.63) is 47.3 Å². The number of amides is 1. The molecule has 0 aliphatic rings. The van der Waals surface area contributed by atoms with E-state index in [-0.39, 0.29) is 5.91 Å². The van der Waals surface area contributed by atoms with Crippen LogP contribution in [-0.4, -0.2) is 22.6 Å². The van der Waals surface area contributed by atoms with Crippen LogP contribution in [0, 0.1) is 18.8 Å². The van der Waals surface area contributed by atoms with Crippen molar-refractivity contribution in [2.24, 2.45) is 5.73 Å². The fraction of sp³-hybridized carbons (Fsp3) is 0.143. The Labute approximate surface area is 111 Å². The SMILES string of the molecule is Cc1ccc(NC(=O)c2cn[nH]c2)cc1C#CCN. The van der Waals surface area contributed by atoms with Crippen molar-refractivity contribution >= 4 is 11.6 Å². The molecule has 0 saturated carbocycles. The average molecular weight is 254 g/mol. The first-order chi connectivity index (χ1) is 9.20. The predicted molar refractivity (Wildman–Crippen MR) is 73.7 cm³/mol. The van der Waals surface area contributed by atoms with Crippen molar-refractivity contribution < 1.29 is 4.79 Å². The molecule has 4 N–H and O–H groups in total. The molecule has 1 aromatic carbocycles. The number of aromatic amines is 1. The number of nitrogens with zero attached hydrogens (tertiary/aromatic N) is 1. The van der Waals surface area contributed by atoms with E-state index in [9.17, 15) is 4.79 Å². The minimum absolute atomic E-state index is 0.213. The second-order valence-electron chi connectivity index (χ2n) is 3.98. The lowest BCUT2D eigenvalue weighted by molar-refractivity contribution is 0.102. The zero-order chi connectivity index (χ0) is 13.7. The van der Waals surface area contributed by atoms with Crippen molar-refractivity contribution in [2.75, 3.05) is 11.9 Å². The van der Waals surface area contributed by atoms with Crippen LogP contribution >= 0.6 is 0 Å². The number of aryl methyl sites for hydroxylation is 1. The molecular weight excluding hydrogens is 240 g/mol. The molecule has 0 atom stereocenters. The average Bonchev–Trinajstić information content (AvgIpc) is 2.93. The molecule has 0 saturated heterocycles. The summed E-state index contributed by atoms with van der Waals surface area (Å²) in [6, 6.07) is 5.57. The van der Waals surface area contributed by atoms with E-state index in [1.165, 1.54) is 6.20 Å².